The fourth-order valence-corrected chi connectivity index (χ4v) is 3.59. The zero-order chi connectivity index (χ0) is 14.7. The van der Waals surface area contributed by atoms with E-state index in [1.165, 1.54) is 4.90 Å². The number of carbonyl (C=O) groups is 1. The zero-order valence-corrected chi connectivity index (χ0v) is 12.8. The molecular weight excluding hydrogens is 308 g/mol. The van der Waals surface area contributed by atoms with Crippen LogP contribution in [0.3, 0.4) is 0 Å². The molecule has 0 saturated heterocycles. The molecule has 110 valence electrons. The Morgan fingerprint density at radius 3 is 3.14 bits per heavy atom. The van der Waals surface area contributed by atoms with Gasteiger partial charge in [-0.25, -0.2) is 4.79 Å². The van der Waals surface area contributed by atoms with Crippen LogP contribution in [0, 0.1) is 0 Å². The molecule has 1 aromatic carbocycles. The predicted octanol–water partition coefficient (Wildman–Crippen LogP) is 3.97. The Morgan fingerprint density at radius 1 is 1.43 bits per heavy atom. The van der Waals surface area contributed by atoms with Gasteiger partial charge in [0.2, 0.25) is 0 Å². The second kappa shape index (κ2) is 6.45. The van der Waals surface area contributed by atoms with E-state index in [0.717, 1.165) is 23.5 Å². The molecule has 0 bridgehead atoms. The number of rotatable bonds is 3. The normalized spacial score (nSPS) is 17.1. The minimum absolute atomic E-state index is 0.00319. The fraction of sp³-hybridized carbons (Fsp3) is 0.267. The Morgan fingerprint density at radius 2 is 2.33 bits per heavy atom. The molecule has 0 radical (unpaired) electrons. The van der Waals surface area contributed by atoms with Gasteiger partial charge in [0.25, 0.3) is 0 Å². The summed E-state index contributed by atoms with van der Waals surface area (Å²) in [6.45, 7) is 0.378. The van der Waals surface area contributed by atoms with Crippen molar-refractivity contribution in [3.8, 4) is 0 Å². The second-order valence-corrected chi connectivity index (χ2v) is 6.35. The summed E-state index contributed by atoms with van der Waals surface area (Å²) in [7, 11) is 0. The van der Waals surface area contributed by atoms with E-state index in [-0.39, 0.29) is 12.1 Å². The summed E-state index contributed by atoms with van der Waals surface area (Å²) in [4.78, 5) is 13.2. The number of carbonyl (C=O) groups excluding carboxylic acids is 1. The highest BCUT2D eigenvalue weighted by molar-refractivity contribution is 7.99. The Hall–Kier alpha value is -1.59. The number of thioether (sulfide) groups is 1. The van der Waals surface area contributed by atoms with Gasteiger partial charge in [0.05, 0.1) is 18.8 Å². The molecule has 1 atom stereocenters. The van der Waals surface area contributed by atoms with Crippen molar-refractivity contribution in [3.05, 3.63) is 52.9 Å². The van der Waals surface area contributed by atoms with E-state index >= 15 is 0 Å². The molecule has 1 unspecified atom stereocenters. The monoisotopic (exact) mass is 322 g/mol. The van der Waals surface area contributed by atoms with Crippen molar-refractivity contribution in [1.82, 2.24) is 10.6 Å². The van der Waals surface area contributed by atoms with Gasteiger partial charge in [-0.1, -0.05) is 11.6 Å². The summed E-state index contributed by atoms with van der Waals surface area (Å²) in [5.74, 6) is 1.71. The molecule has 3 rings (SSSR count). The number of nitrogens with one attached hydrogen (secondary N) is 2. The van der Waals surface area contributed by atoms with Crippen molar-refractivity contribution in [1.29, 1.82) is 0 Å². The number of hydrogen-bond acceptors (Lipinski definition) is 3. The van der Waals surface area contributed by atoms with Crippen LogP contribution < -0.4 is 10.6 Å². The third kappa shape index (κ3) is 3.54. The molecule has 1 aliphatic rings. The SMILES string of the molecule is O=C(NCc1ccco1)NC1CCSc2ccc(Cl)cc21. The molecule has 0 saturated carbocycles. The van der Waals surface area contributed by atoms with Gasteiger partial charge in [0.15, 0.2) is 0 Å². The lowest BCUT2D eigenvalue weighted by atomic mass is 10.0. The minimum Gasteiger partial charge on any atom is -0.467 e. The van der Waals surface area contributed by atoms with E-state index in [1.807, 2.05) is 24.3 Å². The van der Waals surface area contributed by atoms with Crippen LogP contribution in [0.15, 0.2) is 45.9 Å². The van der Waals surface area contributed by atoms with Crippen molar-refractivity contribution in [2.75, 3.05) is 5.75 Å². The van der Waals surface area contributed by atoms with E-state index in [9.17, 15) is 4.79 Å². The van der Waals surface area contributed by atoms with Gasteiger partial charge in [-0.3, -0.25) is 0 Å². The van der Waals surface area contributed by atoms with Crippen LogP contribution in [0.2, 0.25) is 5.02 Å². The molecule has 6 heteroatoms. The molecule has 1 aromatic heterocycles. The van der Waals surface area contributed by atoms with Crippen LogP contribution >= 0.6 is 23.4 Å². The molecule has 2 aromatic rings. The van der Waals surface area contributed by atoms with E-state index in [4.69, 9.17) is 16.0 Å². The number of benzene rings is 1. The molecule has 1 aliphatic heterocycles. The molecule has 0 spiro atoms. The molecular formula is C15H15ClN2O2S. The Labute approximate surface area is 132 Å². The molecule has 0 aliphatic carbocycles. The lowest BCUT2D eigenvalue weighted by molar-refractivity contribution is 0.235. The highest BCUT2D eigenvalue weighted by atomic mass is 35.5. The lowest BCUT2D eigenvalue weighted by Gasteiger charge is -2.26. The average Bonchev–Trinajstić information content (AvgIpc) is 2.99. The molecule has 2 amide bonds. The Kier molecular flexibility index (Phi) is 4.41. The summed E-state index contributed by atoms with van der Waals surface area (Å²) in [6.07, 6.45) is 2.48. The van der Waals surface area contributed by atoms with Crippen molar-refractivity contribution < 1.29 is 9.21 Å². The maximum atomic E-state index is 12.0. The van der Waals surface area contributed by atoms with Gasteiger partial charge in [-0.2, -0.15) is 0 Å². The summed E-state index contributed by atoms with van der Waals surface area (Å²) in [6, 6.07) is 9.24. The number of urea groups is 1. The highest BCUT2D eigenvalue weighted by Crippen LogP contribution is 2.37. The zero-order valence-electron chi connectivity index (χ0n) is 11.3. The van der Waals surface area contributed by atoms with E-state index in [1.54, 1.807) is 24.1 Å². The van der Waals surface area contributed by atoms with E-state index in [0.29, 0.717) is 11.6 Å². The van der Waals surface area contributed by atoms with Crippen LogP contribution in [0.4, 0.5) is 4.79 Å². The van der Waals surface area contributed by atoms with Gasteiger partial charge < -0.3 is 15.1 Å². The summed E-state index contributed by atoms with van der Waals surface area (Å²) in [5.41, 5.74) is 1.09. The number of fused-ring (bicyclic) bond motifs is 1. The molecule has 2 heterocycles. The number of furan rings is 1. The maximum absolute atomic E-state index is 12.0. The topological polar surface area (TPSA) is 54.3 Å². The second-order valence-electron chi connectivity index (χ2n) is 4.78. The van der Waals surface area contributed by atoms with Crippen LogP contribution in [-0.2, 0) is 6.54 Å². The standard InChI is InChI=1S/C15H15ClN2O2S/c16-10-3-4-14-12(8-10)13(5-7-21-14)18-15(19)17-9-11-2-1-6-20-11/h1-4,6,8,13H,5,7,9H2,(H2,17,18,19). The highest BCUT2D eigenvalue weighted by Gasteiger charge is 2.22. The Bertz CT molecular complexity index is 631. The molecule has 2 N–H and O–H groups in total. The number of halogens is 1. The first kappa shape index (κ1) is 14.4. The Balaban J connectivity index is 1.63. The minimum atomic E-state index is -0.200. The van der Waals surface area contributed by atoms with Crippen molar-refractivity contribution >= 4 is 29.4 Å². The molecule has 21 heavy (non-hydrogen) atoms. The first-order valence-electron chi connectivity index (χ1n) is 6.71. The third-order valence-corrected chi connectivity index (χ3v) is 4.68. The van der Waals surface area contributed by atoms with E-state index < -0.39 is 0 Å². The number of amides is 2. The van der Waals surface area contributed by atoms with Gasteiger partial charge in [-0.05, 0) is 42.3 Å². The number of hydrogen-bond donors (Lipinski definition) is 2. The largest absolute Gasteiger partial charge is 0.467 e. The lowest BCUT2D eigenvalue weighted by Crippen LogP contribution is -2.38. The fourth-order valence-electron chi connectivity index (χ4n) is 2.31. The molecule has 4 nitrogen and oxygen atoms in total. The summed E-state index contributed by atoms with van der Waals surface area (Å²) in [5, 5.41) is 6.49. The van der Waals surface area contributed by atoms with Crippen molar-refractivity contribution in [2.24, 2.45) is 0 Å². The van der Waals surface area contributed by atoms with Crippen molar-refractivity contribution in [2.45, 2.75) is 23.9 Å². The first-order chi connectivity index (χ1) is 10.2. The van der Waals surface area contributed by atoms with Gasteiger partial charge in [0.1, 0.15) is 5.76 Å². The third-order valence-electron chi connectivity index (χ3n) is 3.32. The average molecular weight is 323 g/mol. The quantitative estimate of drug-likeness (QED) is 0.899. The van der Waals surface area contributed by atoms with Crippen LogP contribution in [0.5, 0.6) is 0 Å². The maximum Gasteiger partial charge on any atom is 0.315 e. The van der Waals surface area contributed by atoms with Crippen molar-refractivity contribution in [3.63, 3.8) is 0 Å². The predicted molar refractivity (Wildman–Crippen MR) is 83.6 cm³/mol. The first-order valence-corrected chi connectivity index (χ1v) is 8.08. The smallest absolute Gasteiger partial charge is 0.315 e. The van der Waals surface area contributed by atoms with Gasteiger partial charge in [0, 0.05) is 15.7 Å². The summed E-state index contributed by atoms with van der Waals surface area (Å²) >= 11 is 7.85. The van der Waals surface area contributed by atoms with Crippen LogP contribution in [0.1, 0.15) is 23.8 Å². The van der Waals surface area contributed by atoms with Gasteiger partial charge >= 0.3 is 6.03 Å². The summed E-state index contributed by atoms with van der Waals surface area (Å²) < 4.78 is 5.18. The van der Waals surface area contributed by atoms with E-state index in [2.05, 4.69) is 10.6 Å². The van der Waals surface area contributed by atoms with Crippen LogP contribution in [0.25, 0.3) is 0 Å². The molecule has 0 fully saturated rings. The van der Waals surface area contributed by atoms with Crippen LogP contribution in [-0.4, -0.2) is 11.8 Å². The van der Waals surface area contributed by atoms with Gasteiger partial charge in [-0.15, -0.1) is 11.8 Å².